The Hall–Kier alpha value is -0.220. The SMILES string of the molecule is CCN(CCC(=O)O)CC1CCSC1. The molecule has 1 saturated heterocycles. The van der Waals surface area contributed by atoms with Crippen molar-refractivity contribution in [2.75, 3.05) is 31.1 Å². The van der Waals surface area contributed by atoms with Crippen molar-refractivity contribution in [2.45, 2.75) is 19.8 Å². The maximum absolute atomic E-state index is 10.4. The van der Waals surface area contributed by atoms with Gasteiger partial charge in [-0.05, 0) is 30.4 Å². The van der Waals surface area contributed by atoms with Crippen LogP contribution in [0.25, 0.3) is 0 Å². The lowest BCUT2D eigenvalue weighted by Crippen LogP contribution is -2.31. The molecule has 1 aliphatic rings. The number of rotatable bonds is 6. The van der Waals surface area contributed by atoms with Crippen molar-refractivity contribution < 1.29 is 9.90 Å². The molecule has 1 aliphatic heterocycles. The van der Waals surface area contributed by atoms with Crippen LogP contribution >= 0.6 is 11.8 Å². The molecule has 0 spiro atoms. The molecule has 0 aromatic rings. The minimum absolute atomic E-state index is 0.272. The van der Waals surface area contributed by atoms with E-state index in [9.17, 15) is 4.79 Å². The second-order valence-corrected chi connectivity index (χ2v) is 4.92. The number of hydrogen-bond donors (Lipinski definition) is 1. The standard InChI is InChI=1S/C10H19NO2S/c1-2-11(5-3-10(12)13)7-9-4-6-14-8-9/h9H,2-8H2,1H3,(H,12,13). The van der Waals surface area contributed by atoms with Crippen LogP contribution in [0.5, 0.6) is 0 Å². The van der Waals surface area contributed by atoms with Gasteiger partial charge in [-0.1, -0.05) is 6.92 Å². The van der Waals surface area contributed by atoms with E-state index < -0.39 is 5.97 Å². The minimum atomic E-state index is -0.691. The molecule has 0 radical (unpaired) electrons. The zero-order chi connectivity index (χ0) is 10.4. The molecule has 0 aliphatic carbocycles. The molecule has 82 valence electrons. The van der Waals surface area contributed by atoms with E-state index in [1.807, 2.05) is 11.8 Å². The smallest absolute Gasteiger partial charge is 0.304 e. The lowest BCUT2D eigenvalue weighted by molar-refractivity contribution is -0.137. The Kier molecular flexibility index (Phi) is 5.33. The van der Waals surface area contributed by atoms with Crippen molar-refractivity contribution in [1.82, 2.24) is 4.90 Å². The lowest BCUT2D eigenvalue weighted by atomic mass is 10.1. The molecule has 0 amide bonds. The summed E-state index contributed by atoms with van der Waals surface area (Å²) in [4.78, 5) is 12.7. The summed E-state index contributed by atoms with van der Waals surface area (Å²) in [6.07, 6.45) is 1.57. The summed E-state index contributed by atoms with van der Waals surface area (Å²) in [5, 5.41) is 8.59. The molecule has 0 saturated carbocycles. The first-order valence-corrected chi connectivity index (χ1v) is 6.39. The van der Waals surface area contributed by atoms with Gasteiger partial charge in [-0.15, -0.1) is 0 Å². The van der Waals surface area contributed by atoms with Gasteiger partial charge in [0.2, 0.25) is 0 Å². The topological polar surface area (TPSA) is 40.5 Å². The van der Waals surface area contributed by atoms with Crippen LogP contribution < -0.4 is 0 Å². The van der Waals surface area contributed by atoms with Gasteiger partial charge in [-0.3, -0.25) is 4.79 Å². The van der Waals surface area contributed by atoms with Crippen LogP contribution in [0.3, 0.4) is 0 Å². The highest BCUT2D eigenvalue weighted by molar-refractivity contribution is 7.99. The van der Waals surface area contributed by atoms with Gasteiger partial charge in [0.1, 0.15) is 0 Å². The third kappa shape index (κ3) is 4.33. The minimum Gasteiger partial charge on any atom is -0.481 e. The van der Waals surface area contributed by atoms with Crippen molar-refractivity contribution >= 4 is 17.7 Å². The quantitative estimate of drug-likeness (QED) is 0.732. The number of thioether (sulfide) groups is 1. The van der Waals surface area contributed by atoms with Crippen molar-refractivity contribution in [2.24, 2.45) is 5.92 Å². The first-order chi connectivity index (χ1) is 6.72. The van der Waals surface area contributed by atoms with Crippen molar-refractivity contribution in [3.05, 3.63) is 0 Å². The van der Waals surface area contributed by atoms with Gasteiger partial charge in [0, 0.05) is 13.1 Å². The van der Waals surface area contributed by atoms with E-state index in [0.717, 1.165) is 19.0 Å². The highest BCUT2D eigenvalue weighted by Crippen LogP contribution is 2.24. The predicted molar refractivity (Wildman–Crippen MR) is 59.8 cm³/mol. The Morgan fingerprint density at radius 2 is 2.43 bits per heavy atom. The Balaban J connectivity index is 2.19. The molecule has 1 rings (SSSR count). The second-order valence-electron chi connectivity index (χ2n) is 3.77. The monoisotopic (exact) mass is 217 g/mol. The molecule has 1 unspecified atom stereocenters. The Morgan fingerprint density at radius 1 is 1.64 bits per heavy atom. The zero-order valence-electron chi connectivity index (χ0n) is 8.74. The summed E-state index contributed by atoms with van der Waals surface area (Å²) in [7, 11) is 0. The molecule has 0 aromatic carbocycles. The molecular formula is C10H19NO2S. The first-order valence-electron chi connectivity index (χ1n) is 5.24. The summed E-state index contributed by atoms with van der Waals surface area (Å²) in [6.45, 7) is 4.85. The summed E-state index contributed by atoms with van der Waals surface area (Å²) >= 11 is 2.02. The number of carboxylic acids is 1. The average Bonchev–Trinajstić information content (AvgIpc) is 2.64. The van der Waals surface area contributed by atoms with Crippen LogP contribution in [0.4, 0.5) is 0 Å². The van der Waals surface area contributed by atoms with Gasteiger partial charge in [0.25, 0.3) is 0 Å². The van der Waals surface area contributed by atoms with Crippen LogP contribution in [-0.4, -0.2) is 47.1 Å². The van der Waals surface area contributed by atoms with E-state index >= 15 is 0 Å². The number of hydrogen-bond acceptors (Lipinski definition) is 3. The van der Waals surface area contributed by atoms with E-state index in [1.165, 1.54) is 17.9 Å². The largest absolute Gasteiger partial charge is 0.481 e. The third-order valence-electron chi connectivity index (χ3n) is 2.63. The first kappa shape index (κ1) is 11.9. The summed E-state index contributed by atoms with van der Waals surface area (Å²) in [5.41, 5.74) is 0. The third-order valence-corrected chi connectivity index (χ3v) is 3.86. The molecular weight excluding hydrogens is 198 g/mol. The van der Waals surface area contributed by atoms with Crippen LogP contribution in [0.1, 0.15) is 19.8 Å². The fourth-order valence-corrected chi connectivity index (χ4v) is 3.00. The second kappa shape index (κ2) is 6.30. The molecule has 0 bridgehead atoms. The summed E-state index contributed by atoms with van der Waals surface area (Å²) < 4.78 is 0. The number of carboxylic acid groups (broad SMARTS) is 1. The van der Waals surface area contributed by atoms with Crippen LogP contribution in [0.2, 0.25) is 0 Å². The molecule has 1 fully saturated rings. The van der Waals surface area contributed by atoms with Gasteiger partial charge >= 0.3 is 5.97 Å². The zero-order valence-corrected chi connectivity index (χ0v) is 9.55. The maximum atomic E-state index is 10.4. The molecule has 1 atom stereocenters. The van der Waals surface area contributed by atoms with E-state index in [1.54, 1.807) is 0 Å². The Labute approximate surface area is 89.9 Å². The molecule has 1 N–H and O–H groups in total. The van der Waals surface area contributed by atoms with E-state index in [4.69, 9.17) is 5.11 Å². The summed E-state index contributed by atoms with van der Waals surface area (Å²) in [6, 6.07) is 0. The molecule has 1 heterocycles. The predicted octanol–water partition coefficient (Wildman–Crippen LogP) is 1.54. The van der Waals surface area contributed by atoms with Gasteiger partial charge in [-0.25, -0.2) is 0 Å². The maximum Gasteiger partial charge on any atom is 0.304 e. The van der Waals surface area contributed by atoms with Crippen molar-refractivity contribution in [3.63, 3.8) is 0 Å². The van der Waals surface area contributed by atoms with Gasteiger partial charge in [-0.2, -0.15) is 11.8 Å². The van der Waals surface area contributed by atoms with Crippen molar-refractivity contribution in [1.29, 1.82) is 0 Å². The fourth-order valence-electron chi connectivity index (χ4n) is 1.72. The summed E-state index contributed by atoms with van der Waals surface area (Å²) in [5.74, 6) is 2.63. The highest BCUT2D eigenvalue weighted by Gasteiger charge is 2.18. The number of nitrogens with zero attached hydrogens (tertiary/aromatic N) is 1. The molecule has 0 aromatic heterocycles. The van der Waals surface area contributed by atoms with Crippen LogP contribution in [0.15, 0.2) is 0 Å². The van der Waals surface area contributed by atoms with Gasteiger partial charge in [0.15, 0.2) is 0 Å². The fraction of sp³-hybridized carbons (Fsp3) is 0.900. The molecule has 14 heavy (non-hydrogen) atoms. The van der Waals surface area contributed by atoms with E-state index in [-0.39, 0.29) is 6.42 Å². The van der Waals surface area contributed by atoms with Crippen LogP contribution in [0, 0.1) is 5.92 Å². The highest BCUT2D eigenvalue weighted by atomic mass is 32.2. The van der Waals surface area contributed by atoms with Gasteiger partial charge < -0.3 is 10.0 Å². The Bertz CT molecular complexity index is 181. The van der Waals surface area contributed by atoms with Crippen molar-refractivity contribution in [3.8, 4) is 0 Å². The molecule has 3 nitrogen and oxygen atoms in total. The average molecular weight is 217 g/mol. The number of carbonyl (C=O) groups is 1. The van der Waals surface area contributed by atoms with E-state index in [2.05, 4.69) is 11.8 Å². The Morgan fingerprint density at radius 3 is 2.93 bits per heavy atom. The lowest BCUT2D eigenvalue weighted by Gasteiger charge is -2.22. The van der Waals surface area contributed by atoms with Gasteiger partial charge in [0.05, 0.1) is 6.42 Å². The van der Waals surface area contributed by atoms with Crippen LogP contribution in [-0.2, 0) is 4.79 Å². The number of aliphatic carboxylic acids is 1. The molecule has 4 heteroatoms. The normalized spacial score (nSPS) is 21.7. The van der Waals surface area contributed by atoms with E-state index in [0.29, 0.717) is 6.54 Å².